The maximum absolute atomic E-state index is 11.7. The van der Waals surface area contributed by atoms with Crippen molar-refractivity contribution in [2.75, 3.05) is 11.9 Å². The highest BCUT2D eigenvalue weighted by molar-refractivity contribution is 5.88. The molecule has 1 rings (SSSR count). The predicted molar refractivity (Wildman–Crippen MR) is 75.7 cm³/mol. The number of benzene rings is 1. The summed E-state index contributed by atoms with van der Waals surface area (Å²) in [7, 11) is 0. The molecule has 1 atom stereocenters. The SMILES string of the molecule is CC(=O)Nc1ccc(CC(=O)NCC(C)(O)C(=O)O)cc1. The fourth-order valence-electron chi connectivity index (χ4n) is 1.50. The fourth-order valence-corrected chi connectivity index (χ4v) is 1.50. The minimum atomic E-state index is -2.00. The monoisotopic (exact) mass is 294 g/mol. The molecule has 0 aliphatic carbocycles. The van der Waals surface area contributed by atoms with E-state index in [4.69, 9.17) is 5.11 Å². The topological polar surface area (TPSA) is 116 Å². The van der Waals surface area contributed by atoms with Crippen LogP contribution < -0.4 is 10.6 Å². The minimum absolute atomic E-state index is 0.0516. The van der Waals surface area contributed by atoms with Gasteiger partial charge >= 0.3 is 5.97 Å². The molecule has 2 amide bonds. The van der Waals surface area contributed by atoms with Crippen LogP contribution in [0.2, 0.25) is 0 Å². The molecule has 0 saturated heterocycles. The second-order valence-corrected chi connectivity index (χ2v) is 4.91. The first-order valence-electron chi connectivity index (χ1n) is 6.30. The highest BCUT2D eigenvalue weighted by Crippen LogP contribution is 2.10. The Labute approximate surface area is 122 Å². The molecule has 0 aliphatic heterocycles. The van der Waals surface area contributed by atoms with E-state index in [9.17, 15) is 19.5 Å². The normalized spacial score (nSPS) is 13.1. The summed E-state index contributed by atoms with van der Waals surface area (Å²) in [5, 5.41) is 23.1. The van der Waals surface area contributed by atoms with Crippen molar-refractivity contribution in [3.8, 4) is 0 Å². The van der Waals surface area contributed by atoms with Crippen LogP contribution >= 0.6 is 0 Å². The van der Waals surface area contributed by atoms with Gasteiger partial charge in [0, 0.05) is 12.6 Å². The van der Waals surface area contributed by atoms with Crippen LogP contribution in [0.1, 0.15) is 19.4 Å². The highest BCUT2D eigenvalue weighted by Gasteiger charge is 2.30. The molecule has 0 fully saturated rings. The number of aliphatic hydroxyl groups is 1. The third kappa shape index (κ3) is 5.62. The second kappa shape index (κ2) is 6.85. The lowest BCUT2D eigenvalue weighted by Gasteiger charge is -2.18. The van der Waals surface area contributed by atoms with E-state index < -0.39 is 17.5 Å². The zero-order valence-electron chi connectivity index (χ0n) is 11.8. The average molecular weight is 294 g/mol. The highest BCUT2D eigenvalue weighted by atomic mass is 16.4. The zero-order chi connectivity index (χ0) is 16.0. The Hall–Kier alpha value is -2.41. The Kier molecular flexibility index (Phi) is 5.43. The molecule has 7 nitrogen and oxygen atoms in total. The number of rotatable bonds is 6. The standard InChI is InChI=1S/C14H18N2O5/c1-9(17)16-11-5-3-10(4-6-11)7-12(18)15-8-14(2,21)13(19)20/h3-6,21H,7-8H2,1-2H3,(H,15,18)(H,16,17)(H,19,20). The summed E-state index contributed by atoms with van der Waals surface area (Å²) in [5.41, 5.74) is -0.665. The maximum Gasteiger partial charge on any atom is 0.337 e. The smallest absolute Gasteiger partial charge is 0.337 e. The quantitative estimate of drug-likeness (QED) is 0.595. The van der Waals surface area contributed by atoms with Crippen LogP contribution in [0.25, 0.3) is 0 Å². The van der Waals surface area contributed by atoms with Crippen molar-refractivity contribution < 1.29 is 24.6 Å². The zero-order valence-corrected chi connectivity index (χ0v) is 11.8. The van der Waals surface area contributed by atoms with Crippen LogP contribution in [0.15, 0.2) is 24.3 Å². The Morgan fingerprint density at radius 2 is 1.76 bits per heavy atom. The number of hydrogen-bond donors (Lipinski definition) is 4. The van der Waals surface area contributed by atoms with E-state index in [0.717, 1.165) is 6.92 Å². The van der Waals surface area contributed by atoms with Gasteiger partial charge < -0.3 is 20.8 Å². The van der Waals surface area contributed by atoms with Gasteiger partial charge in [0.15, 0.2) is 5.60 Å². The molecule has 0 spiro atoms. The van der Waals surface area contributed by atoms with Gasteiger partial charge in [0.2, 0.25) is 11.8 Å². The molecule has 0 radical (unpaired) electrons. The number of hydrogen-bond acceptors (Lipinski definition) is 4. The predicted octanol–water partition coefficient (Wildman–Crippen LogP) is 0.139. The lowest BCUT2D eigenvalue weighted by atomic mass is 10.1. The number of carbonyl (C=O) groups excluding carboxylic acids is 2. The lowest BCUT2D eigenvalue weighted by Crippen LogP contribution is -2.46. The lowest BCUT2D eigenvalue weighted by molar-refractivity contribution is -0.156. The molecule has 1 aromatic rings. The minimum Gasteiger partial charge on any atom is -0.479 e. The summed E-state index contributed by atoms with van der Waals surface area (Å²) in [6, 6.07) is 6.69. The van der Waals surface area contributed by atoms with Gasteiger partial charge in [0.1, 0.15) is 0 Å². The number of anilines is 1. The first-order valence-corrected chi connectivity index (χ1v) is 6.30. The largest absolute Gasteiger partial charge is 0.479 e. The Morgan fingerprint density at radius 1 is 1.19 bits per heavy atom. The van der Waals surface area contributed by atoms with Gasteiger partial charge in [-0.3, -0.25) is 9.59 Å². The molecule has 7 heteroatoms. The summed E-state index contributed by atoms with van der Waals surface area (Å²) in [6.07, 6.45) is 0.0516. The van der Waals surface area contributed by atoms with Crippen molar-refractivity contribution in [2.45, 2.75) is 25.9 Å². The van der Waals surface area contributed by atoms with E-state index in [1.165, 1.54) is 6.92 Å². The van der Waals surface area contributed by atoms with Gasteiger partial charge in [-0.15, -0.1) is 0 Å². The fraction of sp³-hybridized carbons (Fsp3) is 0.357. The third-order valence-electron chi connectivity index (χ3n) is 2.73. The molecule has 114 valence electrons. The van der Waals surface area contributed by atoms with Crippen molar-refractivity contribution in [3.63, 3.8) is 0 Å². The van der Waals surface area contributed by atoms with E-state index >= 15 is 0 Å². The molecule has 0 heterocycles. The summed E-state index contributed by atoms with van der Waals surface area (Å²) in [5.74, 6) is -1.98. The maximum atomic E-state index is 11.7. The molecular formula is C14H18N2O5. The van der Waals surface area contributed by atoms with E-state index in [1.807, 2.05) is 0 Å². The van der Waals surface area contributed by atoms with Crippen molar-refractivity contribution in [1.82, 2.24) is 5.32 Å². The summed E-state index contributed by atoms with van der Waals surface area (Å²) < 4.78 is 0. The molecule has 1 aromatic carbocycles. The van der Waals surface area contributed by atoms with Gasteiger partial charge in [-0.25, -0.2) is 4.79 Å². The van der Waals surface area contributed by atoms with Crippen molar-refractivity contribution >= 4 is 23.5 Å². The molecule has 0 saturated carbocycles. The van der Waals surface area contributed by atoms with Crippen molar-refractivity contribution in [1.29, 1.82) is 0 Å². The third-order valence-corrected chi connectivity index (χ3v) is 2.73. The first kappa shape index (κ1) is 16.6. The summed E-state index contributed by atoms with van der Waals surface area (Å²) in [6.45, 7) is 2.14. The molecule has 21 heavy (non-hydrogen) atoms. The van der Waals surface area contributed by atoms with Crippen LogP contribution in [-0.4, -0.2) is 40.1 Å². The molecule has 0 bridgehead atoms. The van der Waals surface area contributed by atoms with Crippen LogP contribution in [0, 0.1) is 0 Å². The number of aliphatic carboxylic acids is 1. The molecule has 4 N–H and O–H groups in total. The Balaban J connectivity index is 2.52. The number of carboxylic acid groups (broad SMARTS) is 1. The van der Waals surface area contributed by atoms with Gasteiger partial charge in [0.25, 0.3) is 0 Å². The molecule has 1 unspecified atom stereocenters. The van der Waals surface area contributed by atoms with Gasteiger partial charge in [-0.1, -0.05) is 12.1 Å². The second-order valence-electron chi connectivity index (χ2n) is 4.91. The summed E-state index contributed by atoms with van der Waals surface area (Å²) >= 11 is 0. The van der Waals surface area contributed by atoms with Crippen LogP contribution in [0.4, 0.5) is 5.69 Å². The van der Waals surface area contributed by atoms with E-state index in [1.54, 1.807) is 24.3 Å². The Bertz CT molecular complexity index is 537. The number of carboxylic acids is 1. The van der Waals surface area contributed by atoms with Crippen LogP contribution in [0.5, 0.6) is 0 Å². The number of nitrogens with one attached hydrogen (secondary N) is 2. The molecular weight excluding hydrogens is 276 g/mol. The number of carbonyl (C=O) groups is 3. The van der Waals surface area contributed by atoms with Gasteiger partial charge in [-0.2, -0.15) is 0 Å². The van der Waals surface area contributed by atoms with Crippen molar-refractivity contribution in [2.24, 2.45) is 0 Å². The van der Waals surface area contributed by atoms with Gasteiger partial charge in [0.05, 0.1) is 13.0 Å². The van der Waals surface area contributed by atoms with Crippen molar-refractivity contribution in [3.05, 3.63) is 29.8 Å². The van der Waals surface area contributed by atoms with Crippen LogP contribution in [0.3, 0.4) is 0 Å². The van der Waals surface area contributed by atoms with Gasteiger partial charge in [-0.05, 0) is 24.6 Å². The number of amides is 2. The first-order chi connectivity index (χ1) is 9.70. The van der Waals surface area contributed by atoms with E-state index in [0.29, 0.717) is 11.3 Å². The summed E-state index contributed by atoms with van der Waals surface area (Å²) in [4.78, 5) is 33.2. The van der Waals surface area contributed by atoms with E-state index in [2.05, 4.69) is 10.6 Å². The van der Waals surface area contributed by atoms with Crippen LogP contribution in [-0.2, 0) is 20.8 Å². The average Bonchev–Trinajstić information content (AvgIpc) is 2.38. The Morgan fingerprint density at radius 3 is 2.24 bits per heavy atom. The van der Waals surface area contributed by atoms with E-state index in [-0.39, 0.29) is 18.9 Å². The molecule has 0 aliphatic rings. The molecule has 0 aromatic heterocycles.